The number of carbonyl (C=O) groups excluding carboxylic acids is 1. The summed E-state index contributed by atoms with van der Waals surface area (Å²) in [6.07, 6.45) is -3.97. The predicted molar refractivity (Wildman–Crippen MR) is 62.7 cm³/mol. The van der Waals surface area contributed by atoms with Crippen LogP contribution >= 0.6 is 0 Å². The minimum absolute atomic E-state index is 0.106. The second kappa shape index (κ2) is 6.23. The first-order chi connectivity index (χ1) is 8.88. The molecule has 0 spiro atoms. The molecule has 1 unspecified atom stereocenters. The molecular formula is C13H13F3N2O. The van der Waals surface area contributed by atoms with Gasteiger partial charge in [-0.15, -0.1) is 0 Å². The maximum Gasteiger partial charge on any atom is 0.416 e. The zero-order valence-corrected chi connectivity index (χ0v) is 10.3. The van der Waals surface area contributed by atoms with Gasteiger partial charge in [-0.3, -0.25) is 4.79 Å². The van der Waals surface area contributed by atoms with E-state index in [-0.39, 0.29) is 6.54 Å². The Balaban J connectivity index is 2.60. The molecule has 0 aromatic heterocycles. The van der Waals surface area contributed by atoms with Crippen LogP contribution in [0.3, 0.4) is 0 Å². The highest BCUT2D eigenvalue weighted by molar-refractivity contribution is 5.80. The molecule has 1 amide bonds. The number of nitriles is 1. The maximum atomic E-state index is 12.3. The second-order valence-electron chi connectivity index (χ2n) is 4.00. The SMILES string of the molecule is CCC(C#N)C(=O)NCc1ccc(C(F)(F)F)cc1. The van der Waals surface area contributed by atoms with Crippen molar-refractivity contribution in [3.05, 3.63) is 35.4 Å². The van der Waals surface area contributed by atoms with Gasteiger partial charge in [0.15, 0.2) is 0 Å². The van der Waals surface area contributed by atoms with Gasteiger partial charge in [0.05, 0.1) is 11.6 Å². The fourth-order valence-corrected chi connectivity index (χ4v) is 1.46. The van der Waals surface area contributed by atoms with E-state index in [1.165, 1.54) is 12.1 Å². The lowest BCUT2D eigenvalue weighted by Crippen LogP contribution is -2.29. The van der Waals surface area contributed by atoms with Crippen molar-refractivity contribution in [1.29, 1.82) is 5.26 Å². The molecule has 6 heteroatoms. The van der Waals surface area contributed by atoms with E-state index in [1.54, 1.807) is 6.92 Å². The first-order valence-corrected chi connectivity index (χ1v) is 5.72. The van der Waals surface area contributed by atoms with E-state index in [1.807, 2.05) is 6.07 Å². The normalized spacial score (nSPS) is 12.6. The van der Waals surface area contributed by atoms with Crippen molar-refractivity contribution in [2.45, 2.75) is 26.1 Å². The van der Waals surface area contributed by atoms with Gasteiger partial charge in [0.1, 0.15) is 5.92 Å². The molecule has 0 aliphatic heterocycles. The highest BCUT2D eigenvalue weighted by atomic mass is 19.4. The molecule has 1 aromatic rings. The van der Waals surface area contributed by atoms with E-state index in [4.69, 9.17) is 5.26 Å². The number of alkyl halides is 3. The molecule has 1 aromatic carbocycles. The highest BCUT2D eigenvalue weighted by Gasteiger charge is 2.29. The van der Waals surface area contributed by atoms with Crippen LogP contribution in [0.1, 0.15) is 24.5 Å². The summed E-state index contributed by atoms with van der Waals surface area (Å²) < 4.78 is 37.0. The summed E-state index contributed by atoms with van der Waals surface area (Å²) in [4.78, 5) is 11.5. The number of carbonyl (C=O) groups is 1. The van der Waals surface area contributed by atoms with Crippen LogP contribution in [-0.2, 0) is 17.5 Å². The molecule has 1 rings (SSSR count). The van der Waals surface area contributed by atoms with Crippen LogP contribution in [0.2, 0.25) is 0 Å². The van der Waals surface area contributed by atoms with E-state index in [2.05, 4.69) is 5.32 Å². The number of amides is 1. The molecule has 0 fully saturated rings. The van der Waals surface area contributed by atoms with E-state index in [0.717, 1.165) is 12.1 Å². The smallest absolute Gasteiger partial charge is 0.351 e. The van der Waals surface area contributed by atoms with Crippen LogP contribution in [0.15, 0.2) is 24.3 Å². The lowest BCUT2D eigenvalue weighted by Gasteiger charge is -2.10. The third-order valence-corrected chi connectivity index (χ3v) is 2.63. The van der Waals surface area contributed by atoms with Gasteiger partial charge >= 0.3 is 6.18 Å². The summed E-state index contributed by atoms with van der Waals surface area (Å²) in [5.74, 6) is -1.14. The molecule has 1 atom stereocenters. The zero-order valence-electron chi connectivity index (χ0n) is 10.3. The van der Waals surface area contributed by atoms with Crippen LogP contribution < -0.4 is 5.32 Å². The van der Waals surface area contributed by atoms with Crippen molar-refractivity contribution in [3.63, 3.8) is 0 Å². The molecule has 0 saturated carbocycles. The molecule has 0 saturated heterocycles. The molecule has 0 heterocycles. The molecular weight excluding hydrogens is 257 g/mol. The van der Waals surface area contributed by atoms with Gasteiger partial charge in [-0.25, -0.2) is 0 Å². The van der Waals surface area contributed by atoms with Gasteiger partial charge in [-0.05, 0) is 24.1 Å². The molecule has 3 nitrogen and oxygen atoms in total. The lowest BCUT2D eigenvalue weighted by atomic mass is 10.1. The predicted octanol–water partition coefficient (Wildman–Crippen LogP) is 2.87. The van der Waals surface area contributed by atoms with Gasteiger partial charge in [-0.2, -0.15) is 18.4 Å². The van der Waals surface area contributed by atoms with Crippen LogP contribution in [0.4, 0.5) is 13.2 Å². The minimum atomic E-state index is -4.37. The van der Waals surface area contributed by atoms with Gasteiger partial charge < -0.3 is 5.32 Å². The summed E-state index contributed by atoms with van der Waals surface area (Å²) in [6, 6.07) is 6.38. The Labute approximate surface area is 109 Å². The number of halogens is 3. The number of rotatable bonds is 4. The second-order valence-corrected chi connectivity index (χ2v) is 4.00. The molecule has 0 bridgehead atoms. The number of hydrogen-bond donors (Lipinski definition) is 1. The minimum Gasteiger partial charge on any atom is -0.351 e. The highest BCUT2D eigenvalue weighted by Crippen LogP contribution is 2.29. The van der Waals surface area contributed by atoms with Crippen molar-refractivity contribution < 1.29 is 18.0 Å². The number of nitrogens with zero attached hydrogens (tertiary/aromatic N) is 1. The quantitative estimate of drug-likeness (QED) is 0.914. The summed E-state index contributed by atoms with van der Waals surface area (Å²) in [6.45, 7) is 1.82. The standard InChI is InChI=1S/C13H13F3N2O/c1-2-10(7-17)12(19)18-8-9-3-5-11(6-4-9)13(14,15)16/h3-6,10H,2,8H2,1H3,(H,18,19). The van der Waals surface area contributed by atoms with E-state index >= 15 is 0 Å². The average Bonchev–Trinajstić information content (AvgIpc) is 2.37. The zero-order chi connectivity index (χ0) is 14.5. The van der Waals surface area contributed by atoms with Crippen molar-refractivity contribution in [2.75, 3.05) is 0 Å². The Hall–Kier alpha value is -2.03. The fraction of sp³-hybridized carbons (Fsp3) is 0.385. The third kappa shape index (κ3) is 4.28. The Kier molecular flexibility index (Phi) is 4.93. The van der Waals surface area contributed by atoms with E-state index in [9.17, 15) is 18.0 Å². The molecule has 0 aliphatic carbocycles. The summed E-state index contributed by atoms with van der Waals surface area (Å²) in [7, 11) is 0. The van der Waals surface area contributed by atoms with Crippen LogP contribution in [0, 0.1) is 17.2 Å². The summed E-state index contributed by atoms with van der Waals surface area (Å²) in [5, 5.41) is 11.2. The van der Waals surface area contributed by atoms with Crippen molar-refractivity contribution >= 4 is 5.91 Å². The third-order valence-electron chi connectivity index (χ3n) is 2.63. The van der Waals surface area contributed by atoms with Crippen LogP contribution in [-0.4, -0.2) is 5.91 Å². The molecule has 1 N–H and O–H groups in total. The van der Waals surface area contributed by atoms with E-state index in [0.29, 0.717) is 12.0 Å². The Morgan fingerprint density at radius 2 is 1.95 bits per heavy atom. The number of hydrogen-bond acceptors (Lipinski definition) is 2. The Bertz CT molecular complexity index is 474. The average molecular weight is 270 g/mol. The van der Waals surface area contributed by atoms with Crippen molar-refractivity contribution in [3.8, 4) is 6.07 Å². The summed E-state index contributed by atoms with van der Waals surface area (Å²) >= 11 is 0. The molecule has 19 heavy (non-hydrogen) atoms. The van der Waals surface area contributed by atoms with Gasteiger partial charge in [-0.1, -0.05) is 19.1 Å². The van der Waals surface area contributed by atoms with E-state index < -0.39 is 23.6 Å². The molecule has 102 valence electrons. The Morgan fingerprint density at radius 3 is 2.37 bits per heavy atom. The first-order valence-electron chi connectivity index (χ1n) is 5.72. The number of benzene rings is 1. The van der Waals surface area contributed by atoms with Crippen LogP contribution in [0.25, 0.3) is 0 Å². The summed E-state index contributed by atoms with van der Waals surface area (Å²) in [5.41, 5.74) is -0.180. The lowest BCUT2D eigenvalue weighted by molar-refractivity contribution is -0.137. The van der Waals surface area contributed by atoms with Gasteiger partial charge in [0, 0.05) is 6.54 Å². The van der Waals surface area contributed by atoms with Crippen LogP contribution in [0.5, 0.6) is 0 Å². The molecule has 0 radical (unpaired) electrons. The topological polar surface area (TPSA) is 52.9 Å². The van der Waals surface area contributed by atoms with Gasteiger partial charge in [0.2, 0.25) is 5.91 Å². The monoisotopic (exact) mass is 270 g/mol. The fourth-order valence-electron chi connectivity index (χ4n) is 1.46. The maximum absolute atomic E-state index is 12.3. The number of nitrogens with one attached hydrogen (secondary N) is 1. The first kappa shape index (κ1) is 15.0. The van der Waals surface area contributed by atoms with Gasteiger partial charge in [0.25, 0.3) is 0 Å². The largest absolute Gasteiger partial charge is 0.416 e. The molecule has 0 aliphatic rings. The Morgan fingerprint density at radius 1 is 1.37 bits per heavy atom. The van der Waals surface area contributed by atoms with Crippen molar-refractivity contribution in [2.24, 2.45) is 5.92 Å². The van der Waals surface area contributed by atoms with Crippen molar-refractivity contribution in [1.82, 2.24) is 5.32 Å².